The Morgan fingerprint density at radius 1 is 1.54 bits per heavy atom. The van der Waals surface area contributed by atoms with E-state index in [-0.39, 0.29) is 0 Å². The molecular weight excluding hydrogens is 200 g/mol. The molecule has 1 heterocycles. The van der Waals surface area contributed by atoms with E-state index in [1.807, 2.05) is 0 Å². The van der Waals surface area contributed by atoms with E-state index in [9.17, 15) is 0 Å². The van der Waals surface area contributed by atoms with Crippen molar-refractivity contribution in [2.24, 2.45) is 5.92 Å². The number of aliphatic hydroxyl groups excluding tert-OH is 1. The van der Waals surface area contributed by atoms with Crippen LogP contribution in [0.15, 0.2) is 11.6 Å². The van der Waals surface area contributed by atoms with Gasteiger partial charge in [-0.25, -0.2) is 0 Å². The minimum Gasteiger partial charge on any atom is -0.396 e. The van der Waals surface area contributed by atoms with E-state index in [0.29, 0.717) is 16.6 Å². The molecule has 0 amide bonds. The number of hydrogen-bond donors (Lipinski definition) is 1. The predicted molar refractivity (Wildman–Crippen MR) is 61.2 cm³/mol. The van der Waals surface area contributed by atoms with Crippen LogP contribution in [0.2, 0.25) is 0 Å². The van der Waals surface area contributed by atoms with E-state index in [2.05, 4.69) is 36.5 Å². The third kappa shape index (κ3) is 1.92. The largest absolute Gasteiger partial charge is 0.396 e. The van der Waals surface area contributed by atoms with Crippen molar-refractivity contribution in [3.63, 3.8) is 0 Å². The highest BCUT2D eigenvalue weighted by Gasteiger charge is 2.37. The molecule has 1 fully saturated rings. The Labute approximate surface area is 88.4 Å². The normalized spacial score (nSPS) is 32.2. The van der Waals surface area contributed by atoms with Crippen molar-refractivity contribution in [1.29, 1.82) is 0 Å². The lowest BCUT2D eigenvalue weighted by Crippen LogP contribution is -2.24. The Bertz CT molecular complexity index is 219. The quantitative estimate of drug-likeness (QED) is 0.680. The summed E-state index contributed by atoms with van der Waals surface area (Å²) in [6.45, 7) is 2.50. The fourth-order valence-electron chi connectivity index (χ4n) is 2.07. The van der Waals surface area contributed by atoms with Gasteiger partial charge < -0.3 is 5.11 Å². The molecule has 1 aliphatic heterocycles. The Kier molecular flexibility index (Phi) is 2.96. The van der Waals surface area contributed by atoms with Crippen LogP contribution in [0.4, 0.5) is 0 Å². The Hall–Kier alpha value is 0.400. The van der Waals surface area contributed by atoms with Crippen molar-refractivity contribution in [2.75, 3.05) is 18.1 Å². The van der Waals surface area contributed by atoms with Gasteiger partial charge in [0.05, 0.1) is 4.08 Å². The molecule has 0 aromatic rings. The van der Waals surface area contributed by atoms with Crippen LogP contribution in [-0.4, -0.2) is 27.3 Å². The van der Waals surface area contributed by atoms with Crippen LogP contribution < -0.4 is 0 Å². The third-order valence-corrected chi connectivity index (χ3v) is 6.33. The smallest absolute Gasteiger partial charge is 0.0794 e. The SMILES string of the molecule is CC1=CC2(CCC1CO)SCCS2. The molecule has 1 nitrogen and oxygen atoms in total. The van der Waals surface area contributed by atoms with E-state index in [0.717, 1.165) is 0 Å². The van der Waals surface area contributed by atoms with Crippen molar-refractivity contribution < 1.29 is 5.11 Å². The molecule has 1 saturated heterocycles. The molecule has 0 aromatic heterocycles. The van der Waals surface area contributed by atoms with Crippen molar-refractivity contribution in [3.8, 4) is 0 Å². The first-order valence-electron chi connectivity index (χ1n) is 4.84. The second-order valence-electron chi connectivity index (χ2n) is 3.82. The fraction of sp³-hybridized carbons (Fsp3) is 0.800. The zero-order valence-corrected chi connectivity index (χ0v) is 9.59. The van der Waals surface area contributed by atoms with Crippen LogP contribution in [0.5, 0.6) is 0 Å². The molecule has 2 rings (SSSR count). The van der Waals surface area contributed by atoms with Gasteiger partial charge in [-0.2, -0.15) is 0 Å². The lowest BCUT2D eigenvalue weighted by atomic mass is 9.89. The number of rotatable bonds is 1. The summed E-state index contributed by atoms with van der Waals surface area (Å²) in [7, 11) is 0. The summed E-state index contributed by atoms with van der Waals surface area (Å²) < 4.78 is 0.385. The van der Waals surface area contributed by atoms with Crippen LogP contribution in [0.3, 0.4) is 0 Å². The molecular formula is C10H16OS2. The maximum atomic E-state index is 9.14. The molecule has 1 atom stereocenters. The summed E-state index contributed by atoms with van der Waals surface area (Å²) in [5, 5.41) is 9.14. The van der Waals surface area contributed by atoms with E-state index in [1.165, 1.54) is 29.9 Å². The summed E-state index contributed by atoms with van der Waals surface area (Å²) in [6.07, 6.45) is 4.81. The standard InChI is InChI=1S/C10H16OS2/c1-8-6-10(12-4-5-13-10)3-2-9(8)7-11/h6,9,11H,2-5,7H2,1H3. The van der Waals surface area contributed by atoms with Crippen LogP contribution in [0, 0.1) is 5.92 Å². The molecule has 2 aliphatic rings. The van der Waals surface area contributed by atoms with Gasteiger partial charge in [0.25, 0.3) is 0 Å². The van der Waals surface area contributed by atoms with Crippen LogP contribution >= 0.6 is 23.5 Å². The minimum absolute atomic E-state index is 0.327. The minimum atomic E-state index is 0.327. The van der Waals surface area contributed by atoms with Crippen LogP contribution in [-0.2, 0) is 0 Å². The van der Waals surface area contributed by atoms with E-state index in [4.69, 9.17) is 5.11 Å². The Balaban J connectivity index is 2.14. The van der Waals surface area contributed by atoms with Crippen molar-refractivity contribution in [3.05, 3.63) is 11.6 Å². The third-order valence-electron chi connectivity index (χ3n) is 2.93. The lowest BCUT2D eigenvalue weighted by Gasteiger charge is -2.32. The van der Waals surface area contributed by atoms with Gasteiger partial charge in [0, 0.05) is 24.0 Å². The molecule has 3 heteroatoms. The second kappa shape index (κ2) is 3.87. The van der Waals surface area contributed by atoms with Crippen LogP contribution in [0.25, 0.3) is 0 Å². The first-order valence-corrected chi connectivity index (χ1v) is 6.81. The molecule has 1 aliphatic carbocycles. The summed E-state index contributed by atoms with van der Waals surface area (Å²) in [4.78, 5) is 0. The van der Waals surface area contributed by atoms with E-state index < -0.39 is 0 Å². The molecule has 0 saturated carbocycles. The first kappa shape index (κ1) is 9.94. The van der Waals surface area contributed by atoms with Gasteiger partial charge in [0.15, 0.2) is 0 Å². The van der Waals surface area contributed by atoms with Gasteiger partial charge in [0.2, 0.25) is 0 Å². The summed E-state index contributed by atoms with van der Waals surface area (Å²) in [5.41, 5.74) is 1.40. The molecule has 0 radical (unpaired) electrons. The summed E-state index contributed by atoms with van der Waals surface area (Å²) in [6, 6.07) is 0. The molecule has 74 valence electrons. The van der Waals surface area contributed by atoms with Gasteiger partial charge >= 0.3 is 0 Å². The predicted octanol–water partition coefficient (Wildman–Crippen LogP) is 2.51. The van der Waals surface area contributed by atoms with Crippen molar-refractivity contribution in [2.45, 2.75) is 23.8 Å². The van der Waals surface area contributed by atoms with Gasteiger partial charge in [-0.15, -0.1) is 23.5 Å². The monoisotopic (exact) mass is 216 g/mol. The topological polar surface area (TPSA) is 20.2 Å². The molecule has 13 heavy (non-hydrogen) atoms. The average Bonchev–Trinajstić information content (AvgIpc) is 2.54. The lowest BCUT2D eigenvalue weighted by molar-refractivity contribution is 0.233. The second-order valence-corrected chi connectivity index (χ2v) is 6.92. The van der Waals surface area contributed by atoms with Crippen molar-refractivity contribution in [1.82, 2.24) is 0 Å². The first-order chi connectivity index (χ1) is 6.26. The highest BCUT2D eigenvalue weighted by Crippen LogP contribution is 2.52. The van der Waals surface area contributed by atoms with Gasteiger partial charge in [0.1, 0.15) is 0 Å². The van der Waals surface area contributed by atoms with Gasteiger partial charge in [-0.3, -0.25) is 0 Å². The van der Waals surface area contributed by atoms with Gasteiger partial charge in [-0.05, 0) is 19.8 Å². The fourth-order valence-corrected chi connectivity index (χ4v) is 5.33. The molecule has 1 spiro atoms. The Morgan fingerprint density at radius 3 is 2.77 bits per heavy atom. The highest BCUT2D eigenvalue weighted by molar-refractivity contribution is 8.21. The van der Waals surface area contributed by atoms with Crippen LogP contribution in [0.1, 0.15) is 19.8 Å². The Morgan fingerprint density at radius 2 is 2.23 bits per heavy atom. The summed E-state index contributed by atoms with van der Waals surface area (Å²) >= 11 is 4.17. The maximum absolute atomic E-state index is 9.14. The average molecular weight is 216 g/mol. The highest BCUT2D eigenvalue weighted by atomic mass is 32.2. The van der Waals surface area contributed by atoms with E-state index >= 15 is 0 Å². The summed E-state index contributed by atoms with van der Waals surface area (Å²) in [5.74, 6) is 3.02. The number of aliphatic hydroxyl groups is 1. The van der Waals surface area contributed by atoms with Crippen molar-refractivity contribution >= 4 is 23.5 Å². The molecule has 1 unspecified atom stereocenters. The molecule has 1 N–H and O–H groups in total. The zero-order valence-electron chi connectivity index (χ0n) is 7.95. The molecule has 0 bridgehead atoms. The maximum Gasteiger partial charge on any atom is 0.0794 e. The van der Waals surface area contributed by atoms with E-state index in [1.54, 1.807) is 0 Å². The number of hydrogen-bond acceptors (Lipinski definition) is 3. The molecule has 0 aromatic carbocycles. The van der Waals surface area contributed by atoms with Gasteiger partial charge in [-0.1, -0.05) is 11.6 Å². The zero-order chi connectivity index (χ0) is 9.31. The number of thioether (sulfide) groups is 2.